The van der Waals surface area contributed by atoms with Crippen LogP contribution in [0.2, 0.25) is 0 Å². The first-order valence-electron chi connectivity index (χ1n) is 20.1. The van der Waals surface area contributed by atoms with Crippen LogP contribution in [0.15, 0.2) is 174 Å². The molecule has 0 radical (unpaired) electrons. The number of nitrogens with zero attached hydrogens (tertiary/aromatic N) is 2. The molecule has 0 saturated heterocycles. The van der Waals surface area contributed by atoms with E-state index in [4.69, 9.17) is 4.42 Å². The number of benzene rings is 8. The summed E-state index contributed by atoms with van der Waals surface area (Å²) in [7, 11) is 0. The van der Waals surface area contributed by atoms with Crippen molar-refractivity contribution < 1.29 is 4.42 Å². The van der Waals surface area contributed by atoms with Gasteiger partial charge in [0.15, 0.2) is 0 Å². The summed E-state index contributed by atoms with van der Waals surface area (Å²) in [4.78, 5) is 5.13. The monoisotopic (exact) mass is 730 g/mol. The molecule has 9 aromatic rings. The highest BCUT2D eigenvalue weighted by atomic mass is 16.3. The van der Waals surface area contributed by atoms with Crippen LogP contribution in [0.5, 0.6) is 0 Å². The van der Waals surface area contributed by atoms with Crippen molar-refractivity contribution in [1.82, 2.24) is 0 Å². The minimum atomic E-state index is -0.00358. The Labute approximate surface area is 333 Å². The lowest BCUT2D eigenvalue weighted by atomic mass is 9.33. The van der Waals surface area contributed by atoms with Crippen LogP contribution in [-0.2, 0) is 11.8 Å². The van der Waals surface area contributed by atoms with Gasteiger partial charge in [-0.3, -0.25) is 0 Å². The lowest BCUT2D eigenvalue weighted by Crippen LogP contribution is -2.62. The van der Waals surface area contributed by atoms with Crippen LogP contribution in [0.3, 0.4) is 0 Å². The molecule has 3 nitrogen and oxygen atoms in total. The topological polar surface area (TPSA) is 19.6 Å². The molecule has 1 aromatic heterocycles. The fraction of sp³-hybridized carbons (Fsp3) is 0.0943. The summed E-state index contributed by atoms with van der Waals surface area (Å²) >= 11 is 0. The van der Waals surface area contributed by atoms with Gasteiger partial charge in [-0.25, -0.2) is 0 Å². The zero-order valence-electron chi connectivity index (χ0n) is 32.3. The van der Waals surface area contributed by atoms with Crippen molar-refractivity contribution in [3.05, 3.63) is 187 Å². The Balaban J connectivity index is 1.12. The van der Waals surface area contributed by atoms with Crippen LogP contribution in [0, 0.1) is 0 Å². The average molecular weight is 731 g/mol. The van der Waals surface area contributed by atoms with E-state index in [1.807, 2.05) is 12.1 Å². The fourth-order valence-electron chi connectivity index (χ4n) is 9.79. The van der Waals surface area contributed by atoms with E-state index in [1.54, 1.807) is 0 Å². The van der Waals surface area contributed by atoms with Crippen molar-refractivity contribution in [3.8, 4) is 22.5 Å². The molecule has 0 fully saturated rings. The number of rotatable bonds is 3. The Hall–Kier alpha value is -6.78. The predicted octanol–water partition coefficient (Wildman–Crippen LogP) is 12.2. The van der Waals surface area contributed by atoms with E-state index in [9.17, 15) is 0 Å². The van der Waals surface area contributed by atoms with Crippen LogP contribution >= 0.6 is 0 Å². The molecule has 57 heavy (non-hydrogen) atoms. The summed E-state index contributed by atoms with van der Waals surface area (Å²) in [6.07, 6.45) is 0.930. The van der Waals surface area contributed by atoms with Crippen LogP contribution < -0.4 is 26.2 Å². The van der Waals surface area contributed by atoms with Crippen molar-refractivity contribution in [3.63, 3.8) is 0 Å². The second-order valence-electron chi connectivity index (χ2n) is 17.0. The maximum absolute atomic E-state index is 6.28. The lowest BCUT2D eigenvalue weighted by molar-refractivity contribution is 0.591. The van der Waals surface area contributed by atoms with E-state index in [0.29, 0.717) is 0 Å². The van der Waals surface area contributed by atoms with Gasteiger partial charge in [0.05, 0.1) is 0 Å². The highest BCUT2D eigenvalue weighted by Gasteiger charge is 2.45. The number of para-hydroxylation sites is 3. The smallest absolute Gasteiger partial charge is 0.252 e. The zero-order valence-corrected chi connectivity index (χ0v) is 32.3. The molecule has 270 valence electrons. The molecule has 0 bridgehead atoms. The largest absolute Gasteiger partial charge is 0.456 e. The average Bonchev–Trinajstić information content (AvgIpc) is 3.68. The maximum Gasteiger partial charge on any atom is 0.252 e. The van der Waals surface area contributed by atoms with E-state index < -0.39 is 0 Å². The predicted molar refractivity (Wildman–Crippen MR) is 240 cm³/mol. The second kappa shape index (κ2) is 11.9. The molecule has 8 aromatic carbocycles. The van der Waals surface area contributed by atoms with Gasteiger partial charge < -0.3 is 14.2 Å². The maximum atomic E-state index is 6.28. The number of anilines is 6. The van der Waals surface area contributed by atoms with Crippen molar-refractivity contribution in [2.45, 2.75) is 32.6 Å². The molecule has 3 aliphatic rings. The molecule has 12 rings (SSSR count). The minimum absolute atomic E-state index is 0.00358. The molecule has 0 spiro atoms. The highest BCUT2D eigenvalue weighted by Crippen LogP contribution is 2.50. The summed E-state index contributed by atoms with van der Waals surface area (Å²) in [6, 6.07) is 63.1. The van der Waals surface area contributed by atoms with Gasteiger partial charge in [-0.05, 0) is 115 Å². The molecule has 3 aliphatic heterocycles. The van der Waals surface area contributed by atoms with Crippen molar-refractivity contribution in [1.29, 1.82) is 0 Å². The summed E-state index contributed by atoms with van der Waals surface area (Å²) in [5, 5.41) is 3.49. The molecule has 0 unspecified atom stereocenters. The zero-order chi connectivity index (χ0) is 38.0. The summed E-state index contributed by atoms with van der Waals surface area (Å²) in [6.45, 7) is 7.06. The normalized spacial score (nSPS) is 13.7. The molecule has 0 N–H and O–H groups in total. The van der Waals surface area contributed by atoms with E-state index >= 15 is 0 Å². The van der Waals surface area contributed by atoms with Gasteiger partial charge in [-0.2, -0.15) is 0 Å². The van der Waals surface area contributed by atoms with Crippen molar-refractivity contribution in [2.75, 3.05) is 9.80 Å². The Bertz CT molecular complexity index is 3080. The first kappa shape index (κ1) is 32.5. The molecule has 0 amide bonds. The second-order valence-corrected chi connectivity index (χ2v) is 17.0. The first-order chi connectivity index (χ1) is 27.9. The number of hydrogen-bond donors (Lipinski definition) is 0. The summed E-state index contributed by atoms with van der Waals surface area (Å²) < 4.78 is 6.28. The van der Waals surface area contributed by atoms with Gasteiger partial charge in [-0.1, -0.05) is 136 Å². The third kappa shape index (κ3) is 4.86. The Kier molecular flexibility index (Phi) is 6.76. The van der Waals surface area contributed by atoms with Crippen LogP contribution in [0.4, 0.5) is 34.1 Å². The highest BCUT2D eigenvalue weighted by molar-refractivity contribution is 7.00. The van der Waals surface area contributed by atoms with Crippen LogP contribution in [0.1, 0.15) is 37.5 Å². The van der Waals surface area contributed by atoms with E-state index in [0.717, 1.165) is 34.4 Å². The van der Waals surface area contributed by atoms with Gasteiger partial charge in [0.2, 0.25) is 0 Å². The minimum Gasteiger partial charge on any atom is -0.456 e. The van der Waals surface area contributed by atoms with Gasteiger partial charge in [0.1, 0.15) is 11.3 Å². The van der Waals surface area contributed by atoms with Crippen LogP contribution in [-0.4, -0.2) is 6.71 Å². The third-order valence-corrected chi connectivity index (χ3v) is 12.6. The van der Waals surface area contributed by atoms with E-state index in [1.165, 1.54) is 83.4 Å². The number of hydrogen-bond acceptors (Lipinski definition) is 3. The SMILES string of the molecule is CC(C)(C)c1ccc2c(c1)B1c3cccc4c3N(c3ccccc3C4)c3cc(-c4ccccc4)cc(c31)N2c1ccc2cc(-c3cc4ccccc4o3)ccc2c1. The van der Waals surface area contributed by atoms with E-state index in [2.05, 4.69) is 188 Å². The lowest BCUT2D eigenvalue weighted by Gasteiger charge is -2.47. The summed E-state index contributed by atoms with van der Waals surface area (Å²) in [5.41, 5.74) is 20.1. The van der Waals surface area contributed by atoms with Gasteiger partial charge in [0.25, 0.3) is 6.71 Å². The van der Waals surface area contributed by atoms with Gasteiger partial charge in [-0.15, -0.1) is 0 Å². The van der Waals surface area contributed by atoms with Crippen LogP contribution in [0.25, 0.3) is 44.2 Å². The molecule has 4 heteroatoms. The standard InChI is InChI=1S/C53H39BN2O/c1-53(2,3)41-23-25-46-44(32-41)54-43-17-11-16-39-27-36-14-7-9-18-45(36)56(52(39)43)48-30-40(33-12-5-4-6-13-33)29-47(51(48)54)55(46)42-24-22-34-26-38(21-20-35(34)28-42)50-31-37-15-8-10-19-49(37)57-50/h4-26,28-32H,27H2,1-3H3. The van der Waals surface area contributed by atoms with Crippen molar-refractivity contribution in [2.24, 2.45) is 0 Å². The van der Waals surface area contributed by atoms with Gasteiger partial charge >= 0.3 is 0 Å². The molecule has 0 aliphatic carbocycles. The Morgan fingerprint density at radius 1 is 0.491 bits per heavy atom. The Morgan fingerprint density at radius 2 is 1.25 bits per heavy atom. The fourth-order valence-corrected chi connectivity index (χ4v) is 9.79. The molecular formula is C53H39BN2O. The quantitative estimate of drug-likeness (QED) is 0.169. The van der Waals surface area contributed by atoms with E-state index in [-0.39, 0.29) is 12.1 Å². The number of fused-ring (bicyclic) bond motifs is 8. The van der Waals surface area contributed by atoms with Gasteiger partial charge in [0, 0.05) is 51.5 Å². The molecule has 4 heterocycles. The Morgan fingerprint density at radius 3 is 2.11 bits per heavy atom. The number of furan rings is 1. The molecule has 0 atom stereocenters. The van der Waals surface area contributed by atoms with Crippen molar-refractivity contribution >= 4 is 79.0 Å². The summed E-state index contributed by atoms with van der Waals surface area (Å²) in [5.74, 6) is 0.889. The third-order valence-electron chi connectivity index (χ3n) is 12.6. The first-order valence-corrected chi connectivity index (χ1v) is 20.1. The molecule has 0 saturated carbocycles. The molecular weight excluding hydrogens is 691 g/mol.